The second kappa shape index (κ2) is 5.79. The Hall–Kier alpha value is -2.60. The van der Waals surface area contributed by atoms with Gasteiger partial charge < -0.3 is 15.2 Å². The Morgan fingerprint density at radius 2 is 1.92 bits per heavy atom. The average molecular weight is 328 g/mol. The number of fused-ring (bicyclic) bond motifs is 1. The lowest BCUT2D eigenvalue weighted by atomic mass is 9.70. The molecule has 0 amide bonds. The maximum absolute atomic E-state index is 11.4. The molecule has 2 N–H and O–H groups in total. The summed E-state index contributed by atoms with van der Waals surface area (Å²) >= 11 is 0. The zero-order valence-corrected chi connectivity index (χ0v) is 13.8. The molecule has 0 saturated carbocycles. The van der Waals surface area contributed by atoms with Crippen molar-refractivity contribution >= 4 is 11.4 Å². The van der Waals surface area contributed by atoms with Crippen LogP contribution in [-0.2, 0) is 0 Å². The first-order chi connectivity index (χ1) is 11.4. The molecule has 6 heteroatoms. The number of aliphatic hydroxyl groups excluding tert-OH is 1. The molecule has 0 radical (unpaired) electrons. The highest BCUT2D eigenvalue weighted by Crippen LogP contribution is 2.53. The highest BCUT2D eigenvalue weighted by molar-refractivity contribution is 5.61. The van der Waals surface area contributed by atoms with E-state index in [2.05, 4.69) is 5.32 Å². The van der Waals surface area contributed by atoms with Crippen LogP contribution in [0.15, 0.2) is 42.5 Å². The topological polar surface area (TPSA) is 84.6 Å². The molecule has 24 heavy (non-hydrogen) atoms. The predicted molar refractivity (Wildman–Crippen MR) is 91.2 cm³/mol. The molecule has 3 rings (SSSR count). The Morgan fingerprint density at radius 3 is 2.58 bits per heavy atom. The van der Waals surface area contributed by atoms with Crippen molar-refractivity contribution in [3.05, 3.63) is 63.7 Å². The van der Waals surface area contributed by atoms with Crippen molar-refractivity contribution in [2.24, 2.45) is 5.41 Å². The van der Waals surface area contributed by atoms with E-state index >= 15 is 0 Å². The summed E-state index contributed by atoms with van der Waals surface area (Å²) in [7, 11) is 1.58. The quantitative estimate of drug-likeness (QED) is 0.661. The highest BCUT2D eigenvalue weighted by Gasteiger charge is 2.45. The van der Waals surface area contributed by atoms with Crippen molar-refractivity contribution < 1.29 is 14.8 Å². The maximum atomic E-state index is 11.4. The lowest BCUT2D eigenvalue weighted by Crippen LogP contribution is -2.38. The first-order valence-corrected chi connectivity index (χ1v) is 7.72. The van der Waals surface area contributed by atoms with Gasteiger partial charge in [0.25, 0.3) is 5.69 Å². The molecule has 0 aromatic heterocycles. The summed E-state index contributed by atoms with van der Waals surface area (Å²) in [6.45, 7) is 3.79. The number of para-hydroxylation sites is 1. The molecule has 0 bridgehead atoms. The van der Waals surface area contributed by atoms with Gasteiger partial charge in [0.2, 0.25) is 0 Å². The van der Waals surface area contributed by atoms with E-state index in [-0.39, 0.29) is 10.6 Å². The molecule has 0 fully saturated rings. The third-order valence-electron chi connectivity index (χ3n) is 4.75. The van der Waals surface area contributed by atoms with E-state index in [9.17, 15) is 15.2 Å². The van der Waals surface area contributed by atoms with E-state index in [1.54, 1.807) is 37.4 Å². The second-order valence-corrected chi connectivity index (χ2v) is 6.57. The van der Waals surface area contributed by atoms with Gasteiger partial charge in [0.1, 0.15) is 5.75 Å². The molecule has 0 spiro atoms. The fourth-order valence-corrected chi connectivity index (χ4v) is 3.30. The number of nitro groups is 1. The largest absolute Gasteiger partial charge is 0.497 e. The molecule has 2 atom stereocenters. The first kappa shape index (κ1) is 16.3. The number of ether oxygens (including phenoxy) is 1. The van der Waals surface area contributed by atoms with E-state index < -0.39 is 17.6 Å². The lowest BCUT2D eigenvalue weighted by Gasteiger charge is -2.44. The number of nitrogens with zero attached hydrogens (tertiary/aromatic N) is 1. The monoisotopic (exact) mass is 328 g/mol. The molecule has 0 aliphatic carbocycles. The van der Waals surface area contributed by atoms with E-state index in [0.717, 1.165) is 11.3 Å². The number of hydrogen-bond acceptors (Lipinski definition) is 5. The van der Waals surface area contributed by atoms with Gasteiger partial charge in [0.05, 0.1) is 29.7 Å². The predicted octanol–water partition coefficient (Wildman–Crippen LogP) is 3.83. The van der Waals surface area contributed by atoms with Crippen LogP contribution in [-0.4, -0.2) is 17.1 Å². The summed E-state index contributed by atoms with van der Waals surface area (Å²) in [5.41, 5.74) is 1.45. The fourth-order valence-electron chi connectivity index (χ4n) is 3.30. The van der Waals surface area contributed by atoms with Gasteiger partial charge in [-0.2, -0.15) is 0 Å². The van der Waals surface area contributed by atoms with Gasteiger partial charge in [-0.1, -0.05) is 32.0 Å². The molecule has 126 valence electrons. The number of aliphatic hydroxyl groups is 1. The van der Waals surface area contributed by atoms with Crippen LogP contribution in [0.3, 0.4) is 0 Å². The minimum Gasteiger partial charge on any atom is -0.497 e. The van der Waals surface area contributed by atoms with Gasteiger partial charge in [0, 0.05) is 22.7 Å². The van der Waals surface area contributed by atoms with Crippen LogP contribution >= 0.6 is 0 Å². The number of nitrogens with one attached hydrogen (secondary N) is 1. The Bertz CT molecular complexity index is 788. The summed E-state index contributed by atoms with van der Waals surface area (Å²) in [4.78, 5) is 11.0. The van der Waals surface area contributed by atoms with Crippen molar-refractivity contribution in [2.45, 2.75) is 26.0 Å². The van der Waals surface area contributed by atoms with Crippen molar-refractivity contribution in [3.8, 4) is 5.75 Å². The average Bonchev–Trinajstić information content (AvgIpc) is 2.58. The minimum atomic E-state index is -0.784. The normalized spacial score (nSPS) is 21.5. The number of hydrogen-bond donors (Lipinski definition) is 2. The summed E-state index contributed by atoms with van der Waals surface area (Å²) in [6, 6.07) is 11.7. The second-order valence-electron chi connectivity index (χ2n) is 6.57. The highest BCUT2D eigenvalue weighted by atomic mass is 16.6. The van der Waals surface area contributed by atoms with Gasteiger partial charge in [-0.25, -0.2) is 0 Å². The number of nitro benzene ring substituents is 1. The Labute approximate surface area is 140 Å². The number of rotatable bonds is 3. The number of methoxy groups -OCH3 is 1. The third kappa shape index (κ3) is 2.49. The molecular formula is C18H20N2O4. The summed E-state index contributed by atoms with van der Waals surface area (Å²) < 4.78 is 5.23. The fraction of sp³-hybridized carbons (Fsp3) is 0.333. The molecule has 2 aromatic rings. The Balaban J connectivity index is 2.12. The smallest absolute Gasteiger partial charge is 0.274 e. The SMILES string of the molecule is COc1ccc2c(c1)[C@H](O)C(C)(C)[C@@H](c1ccccc1[N+](=O)[O-])N2. The van der Waals surface area contributed by atoms with Gasteiger partial charge in [-0.15, -0.1) is 0 Å². The van der Waals surface area contributed by atoms with E-state index in [0.29, 0.717) is 11.3 Å². The van der Waals surface area contributed by atoms with E-state index in [1.807, 2.05) is 19.9 Å². The summed E-state index contributed by atoms with van der Waals surface area (Å²) in [6.07, 6.45) is -0.784. The molecular weight excluding hydrogens is 308 g/mol. The standard InChI is InChI=1S/C18H20N2O4/c1-18(2)16(12-6-4-5-7-15(12)20(22)23)19-14-9-8-11(24-3)10-13(14)17(18)21/h4-10,16-17,19,21H,1-3H3/t16-,17+/m1/s1. The first-order valence-electron chi connectivity index (χ1n) is 7.72. The van der Waals surface area contributed by atoms with Crippen LogP contribution in [0, 0.1) is 15.5 Å². The molecule has 0 saturated heterocycles. The summed E-state index contributed by atoms with van der Waals surface area (Å²) in [5.74, 6) is 0.662. The summed E-state index contributed by atoms with van der Waals surface area (Å²) in [5, 5.41) is 25.7. The van der Waals surface area contributed by atoms with Crippen molar-refractivity contribution in [2.75, 3.05) is 12.4 Å². The van der Waals surface area contributed by atoms with Gasteiger partial charge in [-0.3, -0.25) is 10.1 Å². The molecule has 1 aliphatic heterocycles. The van der Waals surface area contributed by atoms with Crippen LogP contribution in [0.1, 0.15) is 37.1 Å². The van der Waals surface area contributed by atoms with Gasteiger partial charge in [-0.05, 0) is 18.2 Å². The van der Waals surface area contributed by atoms with Crippen LogP contribution in [0.2, 0.25) is 0 Å². The minimum absolute atomic E-state index is 0.0484. The van der Waals surface area contributed by atoms with Crippen molar-refractivity contribution in [1.29, 1.82) is 0 Å². The van der Waals surface area contributed by atoms with Crippen LogP contribution in [0.25, 0.3) is 0 Å². The number of anilines is 1. The van der Waals surface area contributed by atoms with Crippen LogP contribution < -0.4 is 10.1 Å². The zero-order chi connectivity index (χ0) is 17.5. The maximum Gasteiger partial charge on any atom is 0.274 e. The van der Waals surface area contributed by atoms with Crippen LogP contribution in [0.4, 0.5) is 11.4 Å². The van der Waals surface area contributed by atoms with Crippen molar-refractivity contribution in [3.63, 3.8) is 0 Å². The van der Waals surface area contributed by atoms with E-state index in [1.165, 1.54) is 6.07 Å². The molecule has 1 heterocycles. The van der Waals surface area contributed by atoms with Gasteiger partial charge >= 0.3 is 0 Å². The van der Waals surface area contributed by atoms with Crippen LogP contribution in [0.5, 0.6) is 5.75 Å². The Morgan fingerprint density at radius 1 is 1.21 bits per heavy atom. The van der Waals surface area contributed by atoms with Gasteiger partial charge in [0.15, 0.2) is 0 Å². The third-order valence-corrected chi connectivity index (χ3v) is 4.75. The molecule has 0 unspecified atom stereocenters. The number of benzene rings is 2. The molecule has 6 nitrogen and oxygen atoms in total. The molecule has 1 aliphatic rings. The lowest BCUT2D eigenvalue weighted by molar-refractivity contribution is -0.385. The zero-order valence-electron chi connectivity index (χ0n) is 13.8. The van der Waals surface area contributed by atoms with E-state index in [4.69, 9.17) is 4.74 Å². The van der Waals surface area contributed by atoms with Crippen molar-refractivity contribution in [1.82, 2.24) is 0 Å². The Kier molecular flexibility index (Phi) is 3.93. The molecule has 2 aromatic carbocycles.